The molecule has 0 aliphatic rings. The van der Waals surface area contributed by atoms with Crippen molar-refractivity contribution in [1.82, 2.24) is 5.32 Å². The van der Waals surface area contributed by atoms with Crippen molar-refractivity contribution >= 4 is 21.8 Å². The smallest absolute Gasteiger partial charge is 0.254 e. The van der Waals surface area contributed by atoms with Crippen LogP contribution in [0.15, 0.2) is 40.9 Å². The number of halogens is 4. The fourth-order valence-electron chi connectivity index (χ4n) is 1.85. The number of amides is 1. The van der Waals surface area contributed by atoms with Gasteiger partial charge in [-0.3, -0.25) is 4.79 Å². The normalized spacial score (nSPS) is 10.5. The van der Waals surface area contributed by atoms with Gasteiger partial charge in [-0.25, -0.2) is 13.2 Å². The van der Waals surface area contributed by atoms with Crippen LogP contribution in [0.3, 0.4) is 0 Å². The molecular weight excluding hydrogens is 347 g/mol. The summed E-state index contributed by atoms with van der Waals surface area (Å²) in [5.74, 6) is -2.57. The van der Waals surface area contributed by atoms with Crippen LogP contribution in [0.25, 0.3) is 0 Å². The van der Waals surface area contributed by atoms with Crippen molar-refractivity contribution in [3.8, 4) is 0 Å². The summed E-state index contributed by atoms with van der Waals surface area (Å²) < 4.78 is 39.9. The predicted octanol–water partition coefficient (Wildman–Crippen LogP) is 3.84. The van der Waals surface area contributed by atoms with Gasteiger partial charge < -0.3 is 5.32 Å². The minimum atomic E-state index is -0.672. The fraction of sp³-hybridized carbons (Fsp3) is 0.133. The quantitative estimate of drug-likeness (QED) is 0.884. The zero-order valence-electron chi connectivity index (χ0n) is 10.8. The molecular formula is C15H11BrF3NO. The van der Waals surface area contributed by atoms with Gasteiger partial charge in [0.15, 0.2) is 0 Å². The summed E-state index contributed by atoms with van der Waals surface area (Å²) >= 11 is 3.00. The van der Waals surface area contributed by atoms with Crippen LogP contribution in [-0.2, 0) is 6.42 Å². The Balaban J connectivity index is 1.97. The van der Waals surface area contributed by atoms with E-state index >= 15 is 0 Å². The monoisotopic (exact) mass is 357 g/mol. The zero-order valence-corrected chi connectivity index (χ0v) is 12.4. The fourth-order valence-corrected chi connectivity index (χ4v) is 2.22. The van der Waals surface area contributed by atoms with Gasteiger partial charge in [0.05, 0.1) is 10.0 Å². The molecule has 0 bridgehead atoms. The van der Waals surface area contributed by atoms with E-state index < -0.39 is 23.4 Å². The lowest BCUT2D eigenvalue weighted by atomic mass is 10.1. The van der Waals surface area contributed by atoms with E-state index in [0.29, 0.717) is 5.56 Å². The molecule has 0 heterocycles. The van der Waals surface area contributed by atoms with Crippen LogP contribution in [0.5, 0.6) is 0 Å². The largest absolute Gasteiger partial charge is 0.352 e. The summed E-state index contributed by atoms with van der Waals surface area (Å²) in [6, 6.07) is 7.55. The van der Waals surface area contributed by atoms with Crippen molar-refractivity contribution in [3.05, 3.63) is 69.4 Å². The van der Waals surface area contributed by atoms with Gasteiger partial charge in [0, 0.05) is 12.6 Å². The van der Waals surface area contributed by atoms with Gasteiger partial charge in [-0.15, -0.1) is 0 Å². The van der Waals surface area contributed by atoms with E-state index in [1.54, 1.807) is 6.07 Å². The van der Waals surface area contributed by atoms with Crippen LogP contribution < -0.4 is 5.32 Å². The molecule has 0 unspecified atom stereocenters. The number of carbonyl (C=O) groups excluding carboxylic acids is 1. The van der Waals surface area contributed by atoms with Crippen LogP contribution in [-0.4, -0.2) is 12.5 Å². The van der Waals surface area contributed by atoms with Crippen molar-refractivity contribution in [1.29, 1.82) is 0 Å². The Morgan fingerprint density at radius 2 is 1.76 bits per heavy atom. The van der Waals surface area contributed by atoms with Gasteiger partial charge in [0.2, 0.25) is 0 Å². The van der Waals surface area contributed by atoms with Crippen LogP contribution >= 0.6 is 15.9 Å². The Bertz CT molecular complexity index is 656. The maximum absolute atomic E-state index is 13.7. The van der Waals surface area contributed by atoms with E-state index in [0.717, 1.165) is 6.07 Å². The highest BCUT2D eigenvalue weighted by atomic mass is 79.9. The van der Waals surface area contributed by atoms with Crippen LogP contribution in [0, 0.1) is 17.5 Å². The molecule has 6 heteroatoms. The number of benzene rings is 2. The lowest BCUT2D eigenvalue weighted by Crippen LogP contribution is -2.26. The molecule has 2 aromatic carbocycles. The van der Waals surface area contributed by atoms with Gasteiger partial charge in [-0.05, 0) is 52.2 Å². The first-order valence-corrected chi connectivity index (χ1v) is 6.94. The third-order valence-corrected chi connectivity index (χ3v) is 3.43. The summed E-state index contributed by atoms with van der Waals surface area (Å²) in [6.07, 6.45) is 0.246. The van der Waals surface area contributed by atoms with Crippen LogP contribution in [0.4, 0.5) is 13.2 Å². The first-order chi connectivity index (χ1) is 9.97. The van der Waals surface area contributed by atoms with E-state index in [1.165, 1.54) is 24.3 Å². The Hall–Kier alpha value is -1.82. The number of rotatable bonds is 4. The molecule has 2 rings (SSSR count). The third kappa shape index (κ3) is 4.07. The molecule has 2 nitrogen and oxygen atoms in total. The van der Waals surface area contributed by atoms with E-state index in [9.17, 15) is 18.0 Å². The highest BCUT2D eigenvalue weighted by Gasteiger charge is 2.13. The molecule has 1 amide bonds. The van der Waals surface area contributed by atoms with Crippen LogP contribution in [0.1, 0.15) is 15.9 Å². The zero-order chi connectivity index (χ0) is 15.4. The van der Waals surface area contributed by atoms with E-state index in [2.05, 4.69) is 21.2 Å². The molecule has 0 saturated carbocycles. The Labute approximate surface area is 128 Å². The highest BCUT2D eigenvalue weighted by Crippen LogP contribution is 2.18. The number of nitrogens with one attached hydrogen (secondary N) is 1. The van der Waals surface area contributed by atoms with Gasteiger partial charge in [-0.1, -0.05) is 6.07 Å². The maximum atomic E-state index is 13.7. The topological polar surface area (TPSA) is 29.1 Å². The van der Waals surface area contributed by atoms with Gasteiger partial charge in [-0.2, -0.15) is 0 Å². The first kappa shape index (κ1) is 15.6. The maximum Gasteiger partial charge on any atom is 0.254 e. The average Bonchev–Trinajstić information content (AvgIpc) is 2.40. The molecule has 0 aliphatic carbocycles. The van der Waals surface area contributed by atoms with E-state index in [4.69, 9.17) is 0 Å². The van der Waals surface area contributed by atoms with E-state index in [-0.39, 0.29) is 23.0 Å². The average molecular weight is 358 g/mol. The van der Waals surface area contributed by atoms with E-state index in [1.807, 2.05) is 0 Å². The minimum Gasteiger partial charge on any atom is -0.352 e. The lowest BCUT2D eigenvalue weighted by Gasteiger charge is -2.07. The van der Waals surface area contributed by atoms with Crippen LogP contribution in [0.2, 0.25) is 0 Å². The van der Waals surface area contributed by atoms with Gasteiger partial charge in [0.1, 0.15) is 17.5 Å². The van der Waals surface area contributed by atoms with Crippen molar-refractivity contribution in [2.45, 2.75) is 6.42 Å². The van der Waals surface area contributed by atoms with Crippen molar-refractivity contribution in [3.63, 3.8) is 0 Å². The van der Waals surface area contributed by atoms with Crippen molar-refractivity contribution < 1.29 is 18.0 Å². The molecule has 0 aliphatic heterocycles. The molecule has 0 spiro atoms. The summed E-state index contributed by atoms with van der Waals surface area (Å²) in [4.78, 5) is 11.8. The van der Waals surface area contributed by atoms with Crippen molar-refractivity contribution in [2.75, 3.05) is 6.54 Å². The summed E-state index contributed by atoms with van der Waals surface area (Å²) in [5, 5.41) is 2.51. The number of hydrogen-bond donors (Lipinski definition) is 1. The SMILES string of the molecule is O=C(NCCc1cc(F)cc(F)c1)c1cccc(Br)c1F. The second-order valence-electron chi connectivity index (χ2n) is 4.38. The molecule has 21 heavy (non-hydrogen) atoms. The van der Waals surface area contributed by atoms with Crippen molar-refractivity contribution in [2.24, 2.45) is 0 Å². The molecule has 0 radical (unpaired) electrons. The molecule has 0 saturated heterocycles. The second kappa shape index (κ2) is 6.76. The minimum absolute atomic E-state index is 0.0882. The molecule has 110 valence electrons. The second-order valence-corrected chi connectivity index (χ2v) is 5.24. The summed E-state index contributed by atoms with van der Waals surface area (Å²) in [6.45, 7) is 0.147. The Kier molecular flexibility index (Phi) is 5.01. The molecule has 0 fully saturated rings. The molecule has 1 N–H and O–H groups in total. The Morgan fingerprint density at radius 3 is 2.43 bits per heavy atom. The Morgan fingerprint density at radius 1 is 1.10 bits per heavy atom. The predicted molar refractivity (Wildman–Crippen MR) is 76.5 cm³/mol. The van der Waals surface area contributed by atoms with Gasteiger partial charge >= 0.3 is 0 Å². The third-order valence-electron chi connectivity index (χ3n) is 2.82. The highest BCUT2D eigenvalue weighted by molar-refractivity contribution is 9.10. The summed E-state index contributed by atoms with van der Waals surface area (Å²) in [7, 11) is 0. The number of hydrogen-bond acceptors (Lipinski definition) is 1. The van der Waals surface area contributed by atoms with Gasteiger partial charge in [0.25, 0.3) is 5.91 Å². The summed E-state index contributed by atoms with van der Waals surface area (Å²) in [5.41, 5.74) is 0.331. The first-order valence-electron chi connectivity index (χ1n) is 6.14. The number of carbonyl (C=O) groups is 1. The lowest BCUT2D eigenvalue weighted by molar-refractivity contribution is 0.0950. The molecule has 0 atom stereocenters. The standard InChI is InChI=1S/C15H11BrF3NO/c16-13-3-1-2-12(14(13)19)15(21)20-5-4-9-6-10(17)8-11(18)7-9/h1-3,6-8H,4-5H2,(H,20,21). The molecule has 0 aromatic heterocycles. The molecule has 2 aromatic rings.